The summed E-state index contributed by atoms with van der Waals surface area (Å²) in [5.74, 6) is -4.17. The standard InChI is InChI=1S/C25H25F3N4O3/c1-25(2,3)35-24(34)32-7-6-16-10-17(4-5-18(16)12-32)23(33)30-21-13-31(14-29-21)11-15-8-19(26)22(28)20(27)9-15/h4-5,8-10,13-14H,6-7,11-12H2,1-3H3,(H,30,33). The molecule has 0 saturated heterocycles. The van der Waals surface area contributed by atoms with Gasteiger partial charge in [-0.25, -0.2) is 22.9 Å². The van der Waals surface area contributed by atoms with Crippen LogP contribution in [0.4, 0.5) is 23.8 Å². The Bertz CT molecular complexity index is 1260. The smallest absolute Gasteiger partial charge is 0.410 e. The molecule has 10 heteroatoms. The van der Waals surface area contributed by atoms with Crippen LogP contribution in [0.5, 0.6) is 0 Å². The lowest BCUT2D eigenvalue weighted by molar-refractivity contribution is 0.0223. The Morgan fingerprint density at radius 1 is 1.09 bits per heavy atom. The maximum atomic E-state index is 13.4. The highest BCUT2D eigenvalue weighted by atomic mass is 19.2. The third-order valence-corrected chi connectivity index (χ3v) is 5.42. The minimum absolute atomic E-state index is 0.0456. The molecule has 4 rings (SSSR count). The average molecular weight is 486 g/mol. The minimum atomic E-state index is -1.52. The van der Waals surface area contributed by atoms with Gasteiger partial charge in [0.05, 0.1) is 6.33 Å². The lowest BCUT2D eigenvalue weighted by atomic mass is 9.97. The Morgan fingerprint density at radius 3 is 2.49 bits per heavy atom. The van der Waals surface area contributed by atoms with Crippen LogP contribution in [0.15, 0.2) is 42.9 Å². The van der Waals surface area contributed by atoms with Crippen LogP contribution in [-0.4, -0.2) is 38.6 Å². The molecule has 3 aromatic rings. The van der Waals surface area contributed by atoms with Crippen LogP contribution in [0.3, 0.4) is 0 Å². The highest BCUT2D eigenvalue weighted by Crippen LogP contribution is 2.23. The summed E-state index contributed by atoms with van der Waals surface area (Å²) in [6.07, 6.45) is 3.13. The van der Waals surface area contributed by atoms with Gasteiger partial charge in [-0.3, -0.25) is 4.79 Å². The summed E-state index contributed by atoms with van der Waals surface area (Å²) in [5, 5.41) is 2.69. The third-order valence-electron chi connectivity index (χ3n) is 5.42. The van der Waals surface area contributed by atoms with Crippen molar-refractivity contribution in [3.8, 4) is 0 Å². The van der Waals surface area contributed by atoms with Gasteiger partial charge in [0.2, 0.25) is 0 Å². The van der Waals surface area contributed by atoms with Crippen molar-refractivity contribution >= 4 is 17.8 Å². The Labute approximate surface area is 200 Å². The molecule has 0 spiro atoms. The fraction of sp³-hybridized carbons (Fsp3) is 0.320. The van der Waals surface area contributed by atoms with Crippen LogP contribution >= 0.6 is 0 Å². The molecule has 2 amide bonds. The number of nitrogens with one attached hydrogen (secondary N) is 1. The maximum Gasteiger partial charge on any atom is 0.410 e. The molecule has 1 N–H and O–H groups in total. The predicted octanol–water partition coefficient (Wildman–Crippen LogP) is 4.89. The van der Waals surface area contributed by atoms with Crippen molar-refractivity contribution in [1.82, 2.24) is 14.5 Å². The zero-order valence-electron chi connectivity index (χ0n) is 19.6. The number of benzene rings is 2. The second-order valence-corrected chi connectivity index (χ2v) is 9.39. The van der Waals surface area contributed by atoms with Gasteiger partial charge >= 0.3 is 6.09 Å². The van der Waals surface area contributed by atoms with Crippen LogP contribution in [0.2, 0.25) is 0 Å². The van der Waals surface area contributed by atoms with Crippen LogP contribution in [0.25, 0.3) is 0 Å². The van der Waals surface area contributed by atoms with Crippen LogP contribution in [0, 0.1) is 17.5 Å². The summed E-state index contributed by atoms with van der Waals surface area (Å²) >= 11 is 0. The Balaban J connectivity index is 1.39. The molecule has 0 atom stereocenters. The summed E-state index contributed by atoms with van der Waals surface area (Å²) in [5.41, 5.74) is 2.00. The zero-order chi connectivity index (χ0) is 25.3. The molecule has 1 aromatic heterocycles. The highest BCUT2D eigenvalue weighted by Gasteiger charge is 2.26. The summed E-state index contributed by atoms with van der Waals surface area (Å²) in [7, 11) is 0. The third kappa shape index (κ3) is 5.82. The molecule has 7 nitrogen and oxygen atoms in total. The van der Waals surface area contributed by atoms with E-state index in [1.165, 1.54) is 17.1 Å². The number of rotatable bonds is 4. The number of amides is 2. The topological polar surface area (TPSA) is 76.5 Å². The Hall–Kier alpha value is -3.82. The van der Waals surface area contributed by atoms with E-state index >= 15 is 0 Å². The van der Waals surface area contributed by atoms with Crippen molar-refractivity contribution < 1.29 is 27.5 Å². The molecule has 2 heterocycles. The van der Waals surface area contributed by atoms with Crippen LogP contribution in [0.1, 0.15) is 47.8 Å². The van der Waals surface area contributed by atoms with Crippen molar-refractivity contribution in [3.63, 3.8) is 0 Å². The van der Waals surface area contributed by atoms with E-state index in [1.54, 1.807) is 17.0 Å². The molecule has 1 aliphatic heterocycles. The molecule has 0 bridgehead atoms. The summed E-state index contributed by atoms with van der Waals surface area (Å²) < 4.78 is 47.0. The quantitative estimate of drug-likeness (QED) is 0.533. The first kappa shape index (κ1) is 24.3. The monoisotopic (exact) mass is 486 g/mol. The number of carbonyl (C=O) groups is 2. The van der Waals surface area contributed by atoms with Crippen molar-refractivity contribution in [1.29, 1.82) is 0 Å². The van der Waals surface area contributed by atoms with Crippen LogP contribution in [-0.2, 0) is 24.2 Å². The largest absolute Gasteiger partial charge is 0.444 e. The van der Waals surface area contributed by atoms with Gasteiger partial charge in [0.25, 0.3) is 5.91 Å². The normalized spacial score (nSPS) is 13.4. The number of ether oxygens (including phenoxy) is 1. The molecule has 184 valence electrons. The molecule has 35 heavy (non-hydrogen) atoms. The van der Waals surface area contributed by atoms with Gasteiger partial charge in [-0.1, -0.05) is 6.07 Å². The number of imidazole rings is 1. The van der Waals surface area contributed by atoms with E-state index in [0.29, 0.717) is 25.1 Å². The Morgan fingerprint density at radius 2 is 1.80 bits per heavy atom. The number of hydrogen-bond acceptors (Lipinski definition) is 4. The first-order chi connectivity index (χ1) is 16.5. The predicted molar refractivity (Wildman–Crippen MR) is 122 cm³/mol. The SMILES string of the molecule is CC(C)(C)OC(=O)N1CCc2cc(C(=O)Nc3cn(Cc4cc(F)c(F)c(F)c4)cn3)ccc2C1. The maximum absolute atomic E-state index is 13.4. The zero-order valence-corrected chi connectivity index (χ0v) is 19.6. The highest BCUT2D eigenvalue weighted by molar-refractivity contribution is 6.03. The van der Waals surface area contributed by atoms with E-state index < -0.39 is 23.1 Å². The molecule has 0 fully saturated rings. The van der Waals surface area contributed by atoms with Gasteiger partial charge in [0.15, 0.2) is 23.3 Å². The number of anilines is 1. The molecule has 2 aromatic carbocycles. The fourth-order valence-corrected chi connectivity index (χ4v) is 3.79. The van der Waals surface area contributed by atoms with Gasteiger partial charge in [-0.05, 0) is 68.1 Å². The number of carbonyl (C=O) groups excluding carboxylic acids is 2. The van der Waals surface area contributed by atoms with E-state index in [2.05, 4.69) is 10.3 Å². The van der Waals surface area contributed by atoms with Gasteiger partial charge in [-0.2, -0.15) is 0 Å². The van der Waals surface area contributed by atoms with Gasteiger partial charge < -0.3 is 19.5 Å². The lowest BCUT2D eigenvalue weighted by Gasteiger charge is -2.31. The second-order valence-electron chi connectivity index (χ2n) is 9.39. The van der Waals surface area contributed by atoms with Crippen molar-refractivity contribution in [2.24, 2.45) is 0 Å². The number of fused-ring (bicyclic) bond motifs is 1. The molecular weight excluding hydrogens is 461 g/mol. The molecule has 0 aliphatic carbocycles. The fourth-order valence-electron chi connectivity index (χ4n) is 3.79. The minimum Gasteiger partial charge on any atom is -0.444 e. The van der Waals surface area contributed by atoms with Crippen molar-refractivity contribution in [2.75, 3.05) is 11.9 Å². The lowest BCUT2D eigenvalue weighted by Crippen LogP contribution is -2.39. The number of hydrogen-bond donors (Lipinski definition) is 1. The van der Waals surface area contributed by atoms with E-state index in [1.807, 2.05) is 26.8 Å². The molecule has 0 unspecified atom stereocenters. The Kier molecular flexibility index (Phi) is 6.56. The molecule has 0 radical (unpaired) electrons. The number of halogens is 3. The average Bonchev–Trinajstić information content (AvgIpc) is 3.22. The van der Waals surface area contributed by atoms with Crippen molar-refractivity contribution in [2.45, 2.75) is 45.9 Å². The summed E-state index contributed by atoms with van der Waals surface area (Å²) in [4.78, 5) is 30.8. The van der Waals surface area contributed by atoms with E-state index in [-0.39, 0.29) is 29.9 Å². The first-order valence-electron chi connectivity index (χ1n) is 11.0. The molecular formula is C25H25F3N4O3. The molecule has 0 saturated carbocycles. The number of aromatic nitrogens is 2. The second kappa shape index (κ2) is 9.44. The van der Waals surface area contributed by atoms with Gasteiger partial charge in [0.1, 0.15) is 5.60 Å². The van der Waals surface area contributed by atoms with Crippen LogP contribution < -0.4 is 5.32 Å². The first-order valence-corrected chi connectivity index (χ1v) is 11.0. The van der Waals surface area contributed by atoms with Crippen molar-refractivity contribution in [3.05, 3.63) is 82.6 Å². The summed E-state index contributed by atoms with van der Waals surface area (Å²) in [6.45, 7) is 6.39. The van der Waals surface area contributed by atoms with E-state index in [9.17, 15) is 22.8 Å². The number of nitrogens with zero attached hydrogens (tertiary/aromatic N) is 3. The molecule has 1 aliphatic rings. The van der Waals surface area contributed by atoms with E-state index in [0.717, 1.165) is 23.3 Å². The van der Waals surface area contributed by atoms with Gasteiger partial charge in [0, 0.05) is 31.4 Å². The summed E-state index contributed by atoms with van der Waals surface area (Å²) in [6, 6.07) is 7.10. The van der Waals surface area contributed by atoms with Gasteiger partial charge in [-0.15, -0.1) is 0 Å². The van der Waals surface area contributed by atoms with E-state index in [4.69, 9.17) is 4.74 Å².